The predicted molar refractivity (Wildman–Crippen MR) is 68.5 cm³/mol. The molecule has 3 atom stereocenters. The summed E-state index contributed by atoms with van der Waals surface area (Å²) in [7, 11) is 0. The first-order valence-corrected chi connectivity index (χ1v) is 6.01. The Bertz CT molecular complexity index is 395. The van der Waals surface area contributed by atoms with Crippen LogP contribution in [0.25, 0.3) is 0 Å². The Labute approximate surface area is 107 Å². The lowest BCUT2D eigenvalue weighted by Crippen LogP contribution is -2.22. The summed E-state index contributed by atoms with van der Waals surface area (Å²) >= 11 is 5.88. The lowest BCUT2D eigenvalue weighted by Gasteiger charge is -2.21. The molecule has 0 aromatic carbocycles. The fourth-order valence-corrected chi connectivity index (χ4v) is 3.29. The summed E-state index contributed by atoms with van der Waals surface area (Å²) in [6.07, 6.45) is 3.94. The van der Waals surface area contributed by atoms with Crippen molar-refractivity contribution in [2.75, 3.05) is 0 Å². The van der Waals surface area contributed by atoms with Crippen LogP contribution >= 0.6 is 24.0 Å². The van der Waals surface area contributed by atoms with E-state index in [1.165, 1.54) is 24.8 Å². The van der Waals surface area contributed by atoms with Crippen molar-refractivity contribution in [1.82, 2.24) is 10.3 Å². The molecule has 3 rings (SSSR count). The summed E-state index contributed by atoms with van der Waals surface area (Å²) in [5, 5.41) is 4.26. The second-order valence-electron chi connectivity index (χ2n) is 4.70. The summed E-state index contributed by atoms with van der Waals surface area (Å²) in [5.74, 6) is 0.661. The highest BCUT2D eigenvalue weighted by atomic mass is 35.5. The second kappa shape index (κ2) is 4.52. The van der Waals surface area contributed by atoms with E-state index in [1.54, 1.807) is 0 Å². The Hall–Kier alpha value is -0.310. The summed E-state index contributed by atoms with van der Waals surface area (Å²) in [4.78, 5) is 4.34. The van der Waals surface area contributed by atoms with Crippen molar-refractivity contribution >= 4 is 24.0 Å². The summed E-state index contributed by atoms with van der Waals surface area (Å²) < 4.78 is 0. The van der Waals surface area contributed by atoms with Gasteiger partial charge in [0.05, 0.1) is 0 Å². The highest BCUT2D eigenvalue weighted by Crippen LogP contribution is 2.40. The van der Waals surface area contributed by atoms with Crippen LogP contribution in [-0.4, -0.2) is 17.1 Å². The van der Waals surface area contributed by atoms with Crippen LogP contribution in [0, 0.1) is 6.92 Å². The lowest BCUT2D eigenvalue weighted by atomic mass is 9.83. The Balaban J connectivity index is 0.000000963. The third-order valence-electron chi connectivity index (χ3n) is 3.79. The lowest BCUT2D eigenvalue weighted by molar-refractivity contribution is 0.503. The number of aryl methyl sites for hydroxylation is 1. The minimum absolute atomic E-state index is 0. The number of hydrogen-bond donors (Lipinski definition) is 1. The van der Waals surface area contributed by atoms with Crippen LogP contribution in [0.3, 0.4) is 0 Å². The maximum Gasteiger partial charge on any atom is 0.129 e. The topological polar surface area (TPSA) is 24.9 Å². The van der Waals surface area contributed by atoms with E-state index in [0.717, 1.165) is 11.7 Å². The van der Waals surface area contributed by atoms with Crippen LogP contribution in [0.5, 0.6) is 0 Å². The molecule has 88 valence electrons. The molecule has 2 aliphatic rings. The molecule has 1 N–H and O–H groups in total. The van der Waals surface area contributed by atoms with E-state index in [1.807, 2.05) is 6.07 Å². The van der Waals surface area contributed by atoms with Crippen LogP contribution in [-0.2, 0) is 0 Å². The molecule has 16 heavy (non-hydrogen) atoms. The molecule has 2 bridgehead atoms. The number of halogens is 2. The third-order valence-corrected chi connectivity index (χ3v) is 4.00. The number of hydrogen-bond acceptors (Lipinski definition) is 2. The van der Waals surface area contributed by atoms with E-state index in [9.17, 15) is 0 Å². The molecular formula is C12H16Cl2N2. The molecule has 2 aliphatic heterocycles. The fraction of sp³-hybridized carbons (Fsp3) is 0.583. The largest absolute Gasteiger partial charge is 0.311 e. The summed E-state index contributed by atoms with van der Waals surface area (Å²) in [6.45, 7) is 2.06. The second-order valence-corrected chi connectivity index (χ2v) is 5.09. The van der Waals surface area contributed by atoms with Gasteiger partial charge in [-0.05, 0) is 37.8 Å². The van der Waals surface area contributed by atoms with Crippen molar-refractivity contribution in [1.29, 1.82) is 0 Å². The quantitative estimate of drug-likeness (QED) is 0.784. The van der Waals surface area contributed by atoms with Crippen molar-refractivity contribution < 1.29 is 0 Å². The zero-order chi connectivity index (χ0) is 10.4. The first-order chi connectivity index (χ1) is 7.24. The van der Waals surface area contributed by atoms with Gasteiger partial charge < -0.3 is 5.32 Å². The molecule has 4 heteroatoms. The van der Waals surface area contributed by atoms with Gasteiger partial charge in [0.1, 0.15) is 5.15 Å². The zero-order valence-electron chi connectivity index (χ0n) is 9.24. The van der Waals surface area contributed by atoms with Gasteiger partial charge >= 0.3 is 0 Å². The van der Waals surface area contributed by atoms with E-state index < -0.39 is 0 Å². The van der Waals surface area contributed by atoms with Crippen molar-refractivity contribution in [3.8, 4) is 0 Å². The van der Waals surface area contributed by atoms with Crippen molar-refractivity contribution in [2.45, 2.75) is 44.2 Å². The minimum Gasteiger partial charge on any atom is -0.311 e. The van der Waals surface area contributed by atoms with Gasteiger partial charge in [0, 0.05) is 23.7 Å². The Kier molecular flexibility index (Phi) is 3.43. The molecule has 2 fully saturated rings. The maximum atomic E-state index is 5.88. The van der Waals surface area contributed by atoms with Gasteiger partial charge in [0.15, 0.2) is 0 Å². The van der Waals surface area contributed by atoms with Crippen LogP contribution < -0.4 is 5.32 Å². The number of pyridine rings is 1. The van der Waals surface area contributed by atoms with Crippen molar-refractivity contribution in [3.63, 3.8) is 0 Å². The number of fused-ring (bicyclic) bond motifs is 2. The molecule has 3 heterocycles. The molecule has 0 saturated carbocycles. The Morgan fingerprint density at radius 1 is 1.38 bits per heavy atom. The van der Waals surface area contributed by atoms with Gasteiger partial charge in [-0.3, -0.25) is 0 Å². The van der Waals surface area contributed by atoms with E-state index in [4.69, 9.17) is 11.6 Å². The number of nitrogens with zero attached hydrogens (tertiary/aromatic N) is 1. The molecule has 0 spiro atoms. The average molecular weight is 259 g/mol. The summed E-state index contributed by atoms with van der Waals surface area (Å²) in [5.41, 5.74) is 2.49. The smallest absolute Gasteiger partial charge is 0.129 e. The van der Waals surface area contributed by atoms with Gasteiger partial charge in [0.25, 0.3) is 0 Å². The predicted octanol–water partition coefficient (Wildman–Crippen LogP) is 3.07. The monoisotopic (exact) mass is 258 g/mol. The SMILES string of the molecule is Cc1nc(Cl)ccc1[C@H]1C[C@@H]2CC[C@H]1N2.Cl. The van der Waals surface area contributed by atoms with Crippen molar-refractivity contribution in [3.05, 3.63) is 28.5 Å². The maximum absolute atomic E-state index is 5.88. The average Bonchev–Trinajstić information content (AvgIpc) is 2.78. The molecular weight excluding hydrogens is 243 g/mol. The molecule has 0 amide bonds. The molecule has 1 aromatic heterocycles. The zero-order valence-corrected chi connectivity index (χ0v) is 10.8. The highest BCUT2D eigenvalue weighted by Gasteiger charge is 2.40. The van der Waals surface area contributed by atoms with Crippen LogP contribution in [0.1, 0.15) is 36.4 Å². The molecule has 2 nitrogen and oxygen atoms in total. The Morgan fingerprint density at radius 2 is 2.19 bits per heavy atom. The molecule has 0 radical (unpaired) electrons. The first-order valence-electron chi connectivity index (χ1n) is 5.63. The van der Waals surface area contributed by atoms with Gasteiger partial charge in [0.2, 0.25) is 0 Å². The molecule has 0 aliphatic carbocycles. The van der Waals surface area contributed by atoms with Gasteiger partial charge in [-0.15, -0.1) is 12.4 Å². The van der Waals surface area contributed by atoms with E-state index >= 15 is 0 Å². The standard InChI is InChI=1S/C12H15ClN2.ClH/c1-7-9(3-5-12(13)14-7)10-6-8-2-4-11(10)15-8;/h3,5,8,10-11,15H,2,4,6H2,1H3;1H/t8-,10+,11+;/m0./s1. The molecule has 2 saturated heterocycles. The first kappa shape index (κ1) is 12.2. The normalized spacial score (nSPS) is 31.5. The van der Waals surface area contributed by atoms with Gasteiger partial charge in [-0.2, -0.15) is 0 Å². The number of nitrogens with one attached hydrogen (secondary N) is 1. The van der Waals surface area contributed by atoms with Crippen LogP contribution in [0.2, 0.25) is 5.15 Å². The van der Waals surface area contributed by atoms with Gasteiger partial charge in [-0.25, -0.2) is 4.98 Å². The fourth-order valence-electron chi connectivity index (χ4n) is 3.10. The highest BCUT2D eigenvalue weighted by molar-refractivity contribution is 6.29. The molecule has 0 unspecified atom stereocenters. The molecule has 1 aromatic rings. The van der Waals surface area contributed by atoms with Crippen molar-refractivity contribution in [2.24, 2.45) is 0 Å². The van der Waals surface area contributed by atoms with E-state index in [2.05, 4.69) is 23.3 Å². The Morgan fingerprint density at radius 3 is 2.75 bits per heavy atom. The van der Waals surface area contributed by atoms with Crippen LogP contribution in [0.15, 0.2) is 12.1 Å². The minimum atomic E-state index is 0. The van der Waals surface area contributed by atoms with E-state index in [-0.39, 0.29) is 12.4 Å². The third kappa shape index (κ3) is 1.94. The number of aromatic nitrogens is 1. The number of rotatable bonds is 1. The summed E-state index contributed by atoms with van der Waals surface area (Å²) in [6, 6.07) is 5.49. The van der Waals surface area contributed by atoms with Crippen LogP contribution in [0.4, 0.5) is 0 Å². The van der Waals surface area contributed by atoms with Gasteiger partial charge in [-0.1, -0.05) is 17.7 Å². The van der Waals surface area contributed by atoms with E-state index in [0.29, 0.717) is 17.1 Å².